The van der Waals surface area contributed by atoms with Gasteiger partial charge >= 0.3 is 13.1 Å². The van der Waals surface area contributed by atoms with Crippen molar-refractivity contribution in [3.05, 3.63) is 23.3 Å². The lowest BCUT2D eigenvalue weighted by atomic mass is 9.72. The molecule has 0 radical (unpaired) electrons. The predicted molar refractivity (Wildman–Crippen MR) is 91.8 cm³/mol. The van der Waals surface area contributed by atoms with E-state index < -0.39 is 19.0 Å². The van der Waals surface area contributed by atoms with E-state index in [1.54, 1.807) is 18.4 Å². The van der Waals surface area contributed by atoms with Gasteiger partial charge in [-0.15, -0.1) is 0 Å². The number of carbonyl (C=O) groups is 2. The number of carboxylic acids is 1. The number of ether oxygens (including phenoxy) is 1. The zero-order chi connectivity index (χ0) is 17.7. The first-order valence-corrected chi connectivity index (χ1v) is 9.02. The minimum Gasteiger partial charge on any atom is -0.534 e. The number of aromatic carboxylic acids is 1. The van der Waals surface area contributed by atoms with Crippen LogP contribution in [-0.2, 0) is 11.2 Å². The zero-order valence-corrected chi connectivity index (χ0v) is 14.4. The topological polar surface area (TPSA) is 105 Å². The number of carboxylic acid groups (broad SMARTS) is 1. The average molecular weight is 353 g/mol. The molecule has 1 atom stereocenters. The molecule has 0 saturated carbocycles. The Hall–Kier alpha value is -1.87. The summed E-state index contributed by atoms with van der Waals surface area (Å²) in [5.41, 5.74) is 0.505. The largest absolute Gasteiger partial charge is 0.547 e. The molecule has 7 nitrogen and oxygen atoms in total. The third-order valence-electron chi connectivity index (χ3n) is 3.52. The number of nitrogens with one attached hydrogen (secondary N) is 1. The van der Waals surface area contributed by atoms with Gasteiger partial charge in [0, 0.05) is 0 Å². The summed E-state index contributed by atoms with van der Waals surface area (Å²) in [5, 5.41) is 22.3. The van der Waals surface area contributed by atoms with Crippen molar-refractivity contribution in [1.29, 1.82) is 0 Å². The van der Waals surface area contributed by atoms with E-state index in [9.17, 15) is 19.7 Å². The summed E-state index contributed by atoms with van der Waals surface area (Å²) < 4.78 is 10.9. The lowest BCUT2D eigenvalue weighted by Gasteiger charge is -2.29. The van der Waals surface area contributed by atoms with Crippen LogP contribution in [0.5, 0.6) is 11.5 Å². The summed E-state index contributed by atoms with van der Waals surface area (Å²) in [4.78, 5) is 23.3. The van der Waals surface area contributed by atoms with Gasteiger partial charge < -0.3 is 24.8 Å². The van der Waals surface area contributed by atoms with Crippen molar-refractivity contribution in [3.8, 4) is 11.5 Å². The van der Waals surface area contributed by atoms with Gasteiger partial charge in [-0.25, -0.2) is 4.79 Å². The van der Waals surface area contributed by atoms with E-state index in [0.717, 1.165) is 6.42 Å². The SMILES string of the molecule is CCCOc1ccc2c(c1C(=O)O)OB(O)[C@@H](NC(=O)CSC)C2. The molecule has 0 fully saturated rings. The minimum atomic E-state index is -1.32. The maximum absolute atomic E-state index is 11.7. The molecule has 1 amide bonds. The van der Waals surface area contributed by atoms with Crippen LogP contribution in [0.15, 0.2) is 12.1 Å². The molecular weight excluding hydrogens is 333 g/mol. The molecule has 0 aromatic heterocycles. The quantitative estimate of drug-likeness (QED) is 0.628. The van der Waals surface area contributed by atoms with Gasteiger partial charge in [0.25, 0.3) is 0 Å². The Morgan fingerprint density at radius 2 is 2.25 bits per heavy atom. The Morgan fingerprint density at radius 1 is 1.50 bits per heavy atom. The Bertz CT molecular complexity index is 626. The number of amides is 1. The van der Waals surface area contributed by atoms with Crippen molar-refractivity contribution < 1.29 is 29.1 Å². The maximum atomic E-state index is 11.7. The Kier molecular flexibility index (Phi) is 6.39. The Labute approximate surface area is 144 Å². The van der Waals surface area contributed by atoms with Crippen molar-refractivity contribution in [2.24, 2.45) is 0 Å². The molecule has 0 unspecified atom stereocenters. The van der Waals surface area contributed by atoms with Gasteiger partial charge in [-0.05, 0) is 30.7 Å². The first kappa shape index (κ1) is 18.5. The van der Waals surface area contributed by atoms with Crippen molar-refractivity contribution in [1.82, 2.24) is 5.32 Å². The zero-order valence-electron chi connectivity index (χ0n) is 13.6. The van der Waals surface area contributed by atoms with Gasteiger partial charge in [0.2, 0.25) is 5.91 Å². The fourth-order valence-electron chi connectivity index (χ4n) is 2.48. The summed E-state index contributed by atoms with van der Waals surface area (Å²) in [5.74, 6) is -1.43. The van der Waals surface area contributed by atoms with Crippen LogP contribution in [0.3, 0.4) is 0 Å². The molecule has 1 aliphatic rings. The molecular formula is C15H20BNO6S. The summed E-state index contributed by atoms with van der Waals surface area (Å²) in [6, 6.07) is 3.28. The molecule has 0 bridgehead atoms. The summed E-state index contributed by atoms with van der Waals surface area (Å²) in [6.45, 7) is 2.30. The van der Waals surface area contributed by atoms with Gasteiger partial charge in [0.1, 0.15) is 17.1 Å². The summed E-state index contributed by atoms with van der Waals surface area (Å²) in [6.07, 6.45) is 2.83. The van der Waals surface area contributed by atoms with E-state index >= 15 is 0 Å². The van der Waals surface area contributed by atoms with Crippen LogP contribution in [0.2, 0.25) is 0 Å². The molecule has 3 N–H and O–H groups in total. The van der Waals surface area contributed by atoms with Crippen LogP contribution in [0.25, 0.3) is 0 Å². The van der Waals surface area contributed by atoms with E-state index in [1.807, 2.05) is 6.92 Å². The van der Waals surface area contributed by atoms with Crippen molar-refractivity contribution >= 4 is 30.8 Å². The van der Waals surface area contributed by atoms with Gasteiger partial charge in [0.15, 0.2) is 0 Å². The molecule has 1 aliphatic heterocycles. The van der Waals surface area contributed by atoms with Crippen LogP contribution in [-0.4, -0.2) is 53.7 Å². The molecule has 1 aromatic rings. The molecule has 0 aliphatic carbocycles. The number of benzene rings is 1. The van der Waals surface area contributed by atoms with E-state index in [-0.39, 0.29) is 35.1 Å². The summed E-state index contributed by atoms with van der Waals surface area (Å²) >= 11 is 1.37. The molecule has 24 heavy (non-hydrogen) atoms. The fraction of sp³-hybridized carbons (Fsp3) is 0.467. The lowest BCUT2D eigenvalue weighted by molar-refractivity contribution is -0.118. The van der Waals surface area contributed by atoms with Gasteiger partial charge in [-0.2, -0.15) is 11.8 Å². The molecule has 0 spiro atoms. The van der Waals surface area contributed by atoms with Crippen LogP contribution in [0.1, 0.15) is 29.3 Å². The molecule has 9 heteroatoms. The molecule has 1 aromatic carbocycles. The number of hydrogen-bond donors (Lipinski definition) is 3. The first-order chi connectivity index (χ1) is 11.5. The summed E-state index contributed by atoms with van der Waals surface area (Å²) in [7, 11) is -1.32. The van der Waals surface area contributed by atoms with E-state index in [2.05, 4.69) is 5.32 Å². The van der Waals surface area contributed by atoms with Crippen LogP contribution >= 0.6 is 11.8 Å². The molecule has 0 saturated heterocycles. The highest BCUT2D eigenvalue weighted by atomic mass is 32.2. The molecule has 130 valence electrons. The highest BCUT2D eigenvalue weighted by Crippen LogP contribution is 2.36. The number of rotatable bonds is 7. The standard InChI is InChI=1S/C15H20BNO6S/c1-3-6-22-10-5-4-9-7-11(17-12(18)8-24-2)16(21)23-14(9)13(10)15(19)20/h4-5,11,21H,3,6-8H2,1-2H3,(H,17,18)(H,19,20)/t11-/m0/s1. The van der Waals surface area contributed by atoms with Gasteiger partial charge in [0.05, 0.1) is 18.3 Å². The number of hydrogen-bond acceptors (Lipinski definition) is 6. The minimum absolute atomic E-state index is 0.0963. The first-order valence-electron chi connectivity index (χ1n) is 7.62. The predicted octanol–water partition coefficient (Wildman–Crippen LogP) is 0.976. The number of fused-ring (bicyclic) bond motifs is 1. The van der Waals surface area contributed by atoms with Gasteiger partial charge in [-0.1, -0.05) is 13.0 Å². The number of thioether (sulfide) groups is 1. The van der Waals surface area contributed by atoms with Crippen molar-refractivity contribution in [2.75, 3.05) is 18.6 Å². The fourth-order valence-corrected chi connectivity index (χ4v) is 2.83. The third kappa shape index (κ3) is 4.15. The Morgan fingerprint density at radius 3 is 2.88 bits per heavy atom. The second kappa shape index (κ2) is 8.30. The monoisotopic (exact) mass is 353 g/mol. The third-order valence-corrected chi connectivity index (χ3v) is 4.07. The normalized spacial score (nSPS) is 16.1. The van der Waals surface area contributed by atoms with E-state index in [1.165, 1.54) is 11.8 Å². The van der Waals surface area contributed by atoms with E-state index in [4.69, 9.17) is 9.39 Å². The van der Waals surface area contributed by atoms with Crippen LogP contribution in [0.4, 0.5) is 0 Å². The van der Waals surface area contributed by atoms with Crippen LogP contribution < -0.4 is 14.7 Å². The second-order valence-electron chi connectivity index (χ2n) is 5.40. The van der Waals surface area contributed by atoms with Gasteiger partial charge in [-0.3, -0.25) is 4.79 Å². The maximum Gasteiger partial charge on any atom is 0.547 e. The van der Waals surface area contributed by atoms with Crippen molar-refractivity contribution in [2.45, 2.75) is 25.7 Å². The van der Waals surface area contributed by atoms with E-state index in [0.29, 0.717) is 12.2 Å². The highest BCUT2D eigenvalue weighted by molar-refractivity contribution is 7.99. The number of carbonyl (C=O) groups excluding carboxylic acids is 1. The lowest BCUT2D eigenvalue weighted by Crippen LogP contribution is -2.53. The second-order valence-corrected chi connectivity index (χ2v) is 6.27. The average Bonchev–Trinajstić information content (AvgIpc) is 2.53. The molecule has 1 heterocycles. The smallest absolute Gasteiger partial charge is 0.534 e. The highest BCUT2D eigenvalue weighted by Gasteiger charge is 2.38. The van der Waals surface area contributed by atoms with Crippen molar-refractivity contribution in [3.63, 3.8) is 0 Å². The Balaban J connectivity index is 2.27. The molecule has 2 rings (SSSR count). The van der Waals surface area contributed by atoms with Crippen LogP contribution in [0, 0.1) is 0 Å².